The van der Waals surface area contributed by atoms with Crippen LogP contribution < -0.4 is 0 Å². The molecule has 2 rings (SSSR count). The molecule has 0 amide bonds. The number of aliphatic hydroxyl groups is 1. The van der Waals surface area contributed by atoms with Crippen molar-refractivity contribution in [3.63, 3.8) is 0 Å². The maximum Gasteiger partial charge on any atom is 0.159 e. The van der Waals surface area contributed by atoms with Crippen molar-refractivity contribution < 1.29 is 13.9 Å². The van der Waals surface area contributed by atoms with Crippen molar-refractivity contribution in [2.75, 3.05) is 0 Å². The van der Waals surface area contributed by atoms with Crippen molar-refractivity contribution in [3.8, 4) is 0 Å². The number of halogens is 3. The first-order chi connectivity index (χ1) is 8.97. The lowest BCUT2D eigenvalue weighted by Gasteiger charge is -2.14. The van der Waals surface area contributed by atoms with Crippen LogP contribution in [0.3, 0.4) is 0 Å². The summed E-state index contributed by atoms with van der Waals surface area (Å²) in [6, 6.07) is 8.81. The molecule has 0 bridgehead atoms. The van der Waals surface area contributed by atoms with Gasteiger partial charge >= 0.3 is 0 Å². The molecule has 0 radical (unpaired) electrons. The predicted molar refractivity (Wildman–Crippen MR) is 71.2 cm³/mol. The Kier molecular flexibility index (Phi) is 4.17. The first kappa shape index (κ1) is 14.0. The van der Waals surface area contributed by atoms with Crippen LogP contribution in [0.25, 0.3) is 0 Å². The Bertz CT molecular complexity index is 599. The number of aliphatic hydroxyl groups excluding tert-OH is 1. The molecule has 0 aromatic heterocycles. The minimum absolute atomic E-state index is 0.222. The molecule has 0 saturated heterocycles. The van der Waals surface area contributed by atoms with Crippen LogP contribution in [0.1, 0.15) is 22.8 Å². The van der Waals surface area contributed by atoms with Crippen LogP contribution >= 0.6 is 11.6 Å². The van der Waals surface area contributed by atoms with Crippen molar-refractivity contribution in [2.24, 2.45) is 0 Å². The molecule has 19 heavy (non-hydrogen) atoms. The zero-order valence-corrected chi connectivity index (χ0v) is 11.1. The number of rotatable bonds is 3. The molecule has 0 saturated carbocycles. The smallest absolute Gasteiger partial charge is 0.159 e. The van der Waals surface area contributed by atoms with E-state index in [1.807, 2.05) is 6.92 Å². The summed E-state index contributed by atoms with van der Waals surface area (Å²) in [7, 11) is 0. The van der Waals surface area contributed by atoms with Crippen LogP contribution in [0.2, 0.25) is 5.02 Å². The lowest BCUT2D eigenvalue weighted by atomic mass is 9.98. The van der Waals surface area contributed by atoms with Gasteiger partial charge in [-0.15, -0.1) is 0 Å². The van der Waals surface area contributed by atoms with Crippen LogP contribution in [-0.2, 0) is 6.42 Å². The molecule has 0 fully saturated rings. The van der Waals surface area contributed by atoms with Gasteiger partial charge in [-0.2, -0.15) is 0 Å². The quantitative estimate of drug-likeness (QED) is 0.894. The average molecular weight is 283 g/mol. The monoisotopic (exact) mass is 282 g/mol. The first-order valence-electron chi connectivity index (χ1n) is 5.85. The second kappa shape index (κ2) is 5.68. The molecular weight excluding hydrogens is 270 g/mol. The van der Waals surface area contributed by atoms with Crippen LogP contribution in [0.5, 0.6) is 0 Å². The van der Waals surface area contributed by atoms with E-state index in [4.69, 9.17) is 11.6 Å². The second-order valence-electron chi connectivity index (χ2n) is 4.47. The molecule has 2 aromatic carbocycles. The number of hydrogen-bond acceptors (Lipinski definition) is 1. The molecule has 4 heteroatoms. The highest BCUT2D eigenvalue weighted by Gasteiger charge is 2.13. The fraction of sp³-hybridized carbons (Fsp3) is 0.200. The molecule has 0 heterocycles. The number of benzene rings is 2. The SMILES string of the molecule is Cc1cc(Cl)ccc1C(O)Cc1ccc(F)c(F)c1. The molecule has 0 aliphatic rings. The summed E-state index contributed by atoms with van der Waals surface area (Å²) in [6.45, 7) is 1.84. The van der Waals surface area contributed by atoms with Crippen LogP contribution in [0.4, 0.5) is 8.78 Å². The molecule has 1 atom stereocenters. The molecule has 0 spiro atoms. The van der Waals surface area contributed by atoms with E-state index < -0.39 is 17.7 Å². The van der Waals surface area contributed by atoms with E-state index >= 15 is 0 Å². The second-order valence-corrected chi connectivity index (χ2v) is 4.91. The summed E-state index contributed by atoms with van der Waals surface area (Å²) >= 11 is 5.85. The average Bonchev–Trinajstić information content (AvgIpc) is 2.33. The van der Waals surface area contributed by atoms with E-state index in [1.165, 1.54) is 6.07 Å². The number of hydrogen-bond donors (Lipinski definition) is 1. The van der Waals surface area contributed by atoms with Crippen molar-refractivity contribution in [2.45, 2.75) is 19.4 Å². The first-order valence-corrected chi connectivity index (χ1v) is 6.23. The lowest BCUT2D eigenvalue weighted by Crippen LogP contribution is -2.04. The summed E-state index contributed by atoms with van der Waals surface area (Å²) in [4.78, 5) is 0. The third-order valence-corrected chi connectivity index (χ3v) is 3.24. The topological polar surface area (TPSA) is 20.2 Å². The Balaban J connectivity index is 2.20. The van der Waals surface area contributed by atoms with Crippen LogP contribution in [0, 0.1) is 18.6 Å². The Hall–Kier alpha value is -1.45. The summed E-state index contributed by atoms with van der Waals surface area (Å²) in [5.74, 6) is -1.79. The third kappa shape index (κ3) is 3.31. The molecule has 1 unspecified atom stereocenters. The van der Waals surface area contributed by atoms with Crippen LogP contribution in [-0.4, -0.2) is 5.11 Å². The highest BCUT2D eigenvalue weighted by atomic mass is 35.5. The zero-order chi connectivity index (χ0) is 14.0. The molecule has 0 aliphatic carbocycles. The van der Waals surface area contributed by atoms with Gasteiger partial charge in [-0.1, -0.05) is 23.7 Å². The van der Waals surface area contributed by atoms with Gasteiger partial charge in [0.1, 0.15) is 0 Å². The Morgan fingerprint density at radius 3 is 2.47 bits per heavy atom. The third-order valence-electron chi connectivity index (χ3n) is 3.00. The van der Waals surface area contributed by atoms with Crippen molar-refractivity contribution in [1.29, 1.82) is 0 Å². The van der Waals surface area contributed by atoms with E-state index in [9.17, 15) is 13.9 Å². The highest BCUT2D eigenvalue weighted by molar-refractivity contribution is 6.30. The van der Waals surface area contributed by atoms with Gasteiger partial charge in [-0.3, -0.25) is 0 Å². The van der Waals surface area contributed by atoms with E-state index in [0.717, 1.165) is 23.3 Å². The van der Waals surface area contributed by atoms with Gasteiger partial charge in [0.2, 0.25) is 0 Å². The van der Waals surface area contributed by atoms with Crippen LogP contribution in [0.15, 0.2) is 36.4 Å². The zero-order valence-electron chi connectivity index (χ0n) is 10.3. The van der Waals surface area contributed by atoms with E-state index in [0.29, 0.717) is 10.6 Å². The predicted octanol–water partition coefficient (Wildman–Crippen LogP) is 4.20. The lowest BCUT2D eigenvalue weighted by molar-refractivity contribution is 0.177. The van der Waals surface area contributed by atoms with E-state index in [-0.39, 0.29) is 6.42 Å². The van der Waals surface area contributed by atoms with Gasteiger partial charge in [-0.25, -0.2) is 8.78 Å². The van der Waals surface area contributed by atoms with Crippen molar-refractivity contribution >= 4 is 11.6 Å². The molecule has 0 aliphatic heterocycles. The summed E-state index contributed by atoms with van der Waals surface area (Å²) in [5.41, 5.74) is 2.14. The molecule has 1 nitrogen and oxygen atoms in total. The van der Waals surface area contributed by atoms with E-state index in [2.05, 4.69) is 0 Å². The largest absolute Gasteiger partial charge is 0.388 e. The maximum absolute atomic E-state index is 13.1. The molecule has 2 aromatic rings. The standard InChI is InChI=1S/C15H13ClF2O/c1-9-6-11(16)3-4-12(9)15(19)8-10-2-5-13(17)14(18)7-10/h2-7,15,19H,8H2,1H3. The molecule has 1 N–H and O–H groups in total. The molecule has 100 valence electrons. The Labute approximate surface area is 115 Å². The minimum Gasteiger partial charge on any atom is -0.388 e. The van der Waals surface area contributed by atoms with Gasteiger partial charge < -0.3 is 5.11 Å². The van der Waals surface area contributed by atoms with E-state index in [1.54, 1.807) is 18.2 Å². The molecular formula is C15H13ClF2O. The van der Waals surface area contributed by atoms with Gasteiger partial charge in [-0.05, 0) is 47.9 Å². The van der Waals surface area contributed by atoms with Gasteiger partial charge in [0.15, 0.2) is 11.6 Å². The van der Waals surface area contributed by atoms with Crippen molar-refractivity contribution in [1.82, 2.24) is 0 Å². The fourth-order valence-corrected chi connectivity index (χ4v) is 2.24. The summed E-state index contributed by atoms with van der Waals surface area (Å²) in [6.07, 6.45) is -0.554. The normalized spacial score (nSPS) is 12.5. The maximum atomic E-state index is 13.1. The summed E-state index contributed by atoms with van der Waals surface area (Å²) < 4.78 is 25.9. The number of aryl methyl sites for hydroxylation is 1. The Morgan fingerprint density at radius 1 is 1.11 bits per heavy atom. The van der Waals surface area contributed by atoms with Gasteiger partial charge in [0.25, 0.3) is 0 Å². The minimum atomic E-state index is -0.905. The highest BCUT2D eigenvalue weighted by Crippen LogP contribution is 2.24. The fourth-order valence-electron chi connectivity index (χ4n) is 2.01. The summed E-state index contributed by atoms with van der Waals surface area (Å²) in [5, 5.41) is 10.7. The Morgan fingerprint density at radius 2 is 1.84 bits per heavy atom. The van der Waals surface area contributed by atoms with Crippen molar-refractivity contribution in [3.05, 3.63) is 69.7 Å². The van der Waals surface area contributed by atoms with Gasteiger partial charge in [0, 0.05) is 11.4 Å². The van der Waals surface area contributed by atoms with Gasteiger partial charge in [0.05, 0.1) is 6.10 Å².